The molecular formula is C20H29Cl2N3OS2. The molecule has 8 heteroatoms. The highest BCUT2D eigenvalue weighted by Crippen LogP contribution is 2.27. The number of amides is 1. The molecule has 3 N–H and O–H groups in total. The molecule has 1 unspecified atom stereocenters. The minimum atomic E-state index is -0.0160. The summed E-state index contributed by atoms with van der Waals surface area (Å²) in [4.78, 5) is 18.2. The normalized spacial score (nSPS) is 15.2. The summed E-state index contributed by atoms with van der Waals surface area (Å²) in [6, 6.07) is 7.91. The first kappa shape index (κ1) is 25.2. The molecular weight excluding hydrogens is 433 g/mol. The Morgan fingerprint density at radius 3 is 2.50 bits per heavy atom. The monoisotopic (exact) mass is 461 g/mol. The first-order valence-electron chi connectivity index (χ1n) is 9.30. The summed E-state index contributed by atoms with van der Waals surface area (Å²) in [5, 5.41) is 6.35. The number of thioether (sulfide) groups is 1. The summed E-state index contributed by atoms with van der Waals surface area (Å²) in [7, 11) is 0. The molecule has 0 aliphatic heterocycles. The average Bonchev–Trinajstić information content (AvgIpc) is 3.10. The van der Waals surface area contributed by atoms with Crippen LogP contribution in [0.5, 0.6) is 0 Å². The van der Waals surface area contributed by atoms with Gasteiger partial charge in [-0.25, -0.2) is 4.98 Å². The van der Waals surface area contributed by atoms with Crippen molar-refractivity contribution in [2.24, 2.45) is 11.7 Å². The Hall–Kier alpha value is -0.790. The van der Waals surface area contributed by atoms with E-state index in [0.29, 0.717) is 18.0 Å². The van der Waals surface area contributed by atoms with E-state index >= 15 is 0 Å². The third-order valence-corrected chi connectivity index (χ3v) is 6.83. The second-order valence-corrected chi connectivity index (χ2v) is 9.00. The lowest BCUT2D eigenvalue weighted by atomic mass is 9.84. The molecule has 0 saturated heterocycles. The van der Waals surface area contributed by atoms with Gasteiger partial charge in [0.2, 0.25) is 0 Å². The minimum absolute atomic E-state index is 0. The lowest BCUT2D eigenvalue weighted by Gasteiger charge is -2.30. The van der Waals surface area contributed by atoms with Gasteiger partial charge in [0.15, 0.2) is 0 Å². The Morgan fingerprint density at radius 2 is 1.93 bits per heavy atom. The third-order valence-electron chi connectivity index (χ3n) is 4.96. The first-order chi connectivity index (χ1) is 12.7. The molecule has 1 aromatic heterocycles. The third kappa shape index (κ3) is 7.23. The molecule has 0 spiro atoms. The summed E-state index contributed by atoms with van der Waals surface area (Å²) < 4.78 is 0. The molecule has 4 nitrogen and oxygen atoms in total. The van der Waals surface area contributed by atoms with Crippen LogP contribution in [0.2, 0.25) is 0 Å². The lowest BCUT2D eigenvalue weighted by molar-refractivity contribution is 0.0915. The Balaban J connectivity index is 0.00000196. The van der Waals surface area contributed by atoms with Gasteiger partial charge in [-0.15, -0.1) is 47.9 Å². The van der Waals surface area contributed by atoms with Gasteiger partial charge in [-0.3, -0.25) is 4.79 Å². The van der Waals surface area contributed by atoms with Crippen molar-refractivity contribution in [1.82, 2.24) is 10.3 Å². The van der Waals surface area contributed by atoms with E-state index in [0.717, 1.165) is 21.3 Å². The van der Waals surface area contributed by atoms with Gasteiger partial charge < -0.3 is 11.1 Å². The van der Waals surface area contributed by atoms with E-state index in [-0.39, 0.29) is 36.8 Å². The topological polar surface area (TPSA) is 68.0 Å². The molecule has 1 heterocycles. The van der Waals surface area contributed by atoms with E-state index in [1.165, 1.54) is 32.1 Å². The number of hydrogen-bond donors (Lipinski definition) is 2. The maximum atomic E-state index is 12.6. The van der Waals surface area contributed by atoms with Crippen LogP contribution >= 0.6 is 47.9 Å². The molecule has 156 valence electrons. The predicted octanol–water partition coefficient (Wildman–Crippen LogP) is 5.22. The number of nitrogens with one attached hydrogen (secondary N) is 1. The van der Waals surface area contributed by atoms with Crippen LogP contribution in [0.25, 0.3) is 0 Å². The van der Waals surface area contributed by atoms with Crippen LogP contribution in [0.3, 0.4) is 0 Å². The number of rotatable bonds is 7. The van der Waals surface area contributed by atoms with E-state index in [2.05, 4.69) is 15.7 Å². The molecule has 1 aromatic carbocycles. The van der Waals surface area contributed by atoms with Gasteiger partial charge in [0.05, 0.1) is 10.7 Å². The number of nitrogens with two attached hydrogens (primary N) is 1. The van der Waals surface area contributed by atoms with Crippen molar-refractivity contribution >= 4 is 53.8 Å². The number of benzene rings is 1. The SMILES string of the molecule is Cc1nc(CSc2ccc(C(=O)NC(CN)C3CCCCC3)cc2)cs1.Cl.Cl. The smallest absolute Gasteiger partial charge is 0.251 e. The Kier molecular flexibility index (Phi) is 11.5. The average molecular weight is 463 g/mol. The number of aromatic nitrogens is 1. The van der Waals surface area contributed by atoms with Crippen LogP contribution in [-0.2, 0) is 5.75 Å². The summed E-state index contributed by atoms with van der Waals surface area (Å²) in [5.74, 6) is 1.36. The maximum Gasteiger partial charge on any atom is 0.251 e. The second-order valence-electron chi connectivity index (χ2n) is 6.88. The van der Waals surface area contributed by atoms with Crippen molar-refractivity contribution in [2.75, 3.05) is 6.54 Å². The van der Waals surface area contributed by atoms with Crippen LogP contribution < -0.4 is 11.1 Å². The fraction of sp³-hybridized carbons (Fsp3) is 0.500. The van der Waals surface area contributed by atoms with Crippen LogP contribution in [0.15, 0.2) is 34.5 Å². The molecule has 2 aromatic rings. The highest BCUT2D eigenvalue weighted by atomic mass is 35.5. The van der Waals surface area contributed by atoms with Crippen molar-refractivity contribution in [3.8, 4) is 0 Å². The first-order valence-corrected chi connectivity index (χ1v) is 11.2. The molecule has 1 aliphatic carbocycles. The fourth-order valence-corrected chi connectivity index (χ4v) is 5.00. The molecule has 28 heavy (non-hydrogen) atoms. The zero-order valence-corrected chi connectivity index (χ0v) is 19.3. The number of hydrogen-bond acceptors (Lipinski definition) is 5. The summed E-state index contributed by atoms with van der Waals surface area (Å²) in [6.07, 6.45) is 6.16. The van der Waals surface area contributed by atoms with Crippen molar-refractivity contribution in [3.05, 3.63) is 45.9 Å². The Labute approximate surface area is 188 Å². The van der Waals surface area contributed by atoms with Crippen molar-refractivity contribution in [3.63, 3.8) is 0 Å². The van der Waals surface area contributed by atoms with Crippen LogP contribution in [0.1, 0.15) is 53.2 Å². The molecule has 1 fully saturated rings. The fourth-order valence-electron chi connectivity index (χ4n) is 3.49. The quantitative estimate of drug-likeness (QED) is 0.554. The van der Waals surface area contributed by atoms with E-state index in [9.17, 15) is 4.79 Å². The Morgan fingerprint density at radius 1 is 1.25 bits per heavy atom. The minimum Gasteiger partial charge on any atom is -0.348 e. The summed E-state index contributed by atoms with van der Waals surface area (Å²) in [5.41, 5.74) is 7.74. The van der Waals surface area contributed by atoms with Crippen LogP contribution in [0, 0.1) is 12.8 Å². The van der Waals surface area contributed by atoms with Gasteiger partial charge in [-0.2, -0.15) is 0 Å². The second kappa shape index (κ2) is 12.7. The van der Waals surface area contributed by atoms with Gasteiger partial charge in [0.1, 0.15) is 0 Å². The number of carbonyl (C=O) groups is 1. The molecule has 0 radical (unpaired) electrons. The molecule has 1 amide bonds. The molecule has 1 atom stereocenters. The number of halogens is 2. The maximum absolute atomic E-state index is 12.6. The van der Waals surface area contributed by atoms with Gasteiger partial charge in [-0.05, 0) is 49.9 Å². The molecule has 3 rings (SSSR count). The zero-order valence-electron chi connectivity index (χ0n) is 16.1. The van der Waals surface area contributed by atoms with Crippen molar-refractivity contribution in [2.45, 2.75) is 55.7 Å². The number of aryl methyl sites for hydroxylation is 1. The summed E-state index contributed by atoms with van der Waals surface area (Å²) in [6.45, 7) is 2.53. The van der Waals surface area contributed by atoms with Gasteiger partial charge in [0.25, 0.3) is 5.91 Å². The van der Waals surface area contributed by atoms with E-state index in [1.54, 1.807) is 23.1 Å². The number of thiazole rings is 1. The largest absolute Gasteiger partial charge is 0.348 e. The zero-order chi connectivity index (χ0) is 18.4. The number of nitrogens with zero attached hydrogens (tertiary/aromatic N) is 1. The van der Waals surface area contributed by atoms with Gasteiger partial charge >= 0.3 is 0 Å². The molecule has 1 aliphatic rings. The van der Waals surface area contributed by atoms with Crippen molar-refractivity contribution < 1.29 is 4.79 Å². The van der Waals surface area contributed by atoms with Gasteiger partial charge in [0, 0.05) is 34.2 Å². The highest BCUT2D eigenvalue weighted by molar-refractivity contribution is 7.98. The molecule has 1 saturated carbocycles. The summed E-state index contributed by atoms with van der Waals surface area (Å²) >= 11 is 3.42. The van der Waals surface area contributed by atoms with Crippen LogP contribution in [-0.4, -0.2) is 23.5 Å². The predicted molar refractivity (Wildman–Crippen MR) is 124 cm³/mol. The molecule has 0 bridgehead atoms. The lowest BCUT2D eigenvalue weighted by Crippen LogP contribution is -2.45. The van der Waals surface area contributed by atoms with E-state index < -0.39 is 0 Å². The highest BCUT2D eigenvalue weighted by Gasteiger charge is 2.24. The van der Waals surface area contributed by atoms with E-state index in [4.69, 9.17) is 5.73 Å². The van der Waals surface area contributed by atoms with E-state index in [1.807, 2.05) is 31.2 Å². The Bertz CT molecular complexity index is 718. The van der Waals surface area contributed by atoms with Crippen molar-refractivity contribution in [1.29, 1.82) is 0 Å². The number of carbonyl (C=O) groups excluding carboxylic acids is 1. The van der Waals surface area contributed by atoms with Crippen LogP contribution in [0.4, 0.5) is 0 Å². The van der Waals surface area contributed by atoms with Gasteiger partial charge in [-0.1, -0.05) is 19.3 Å². The standard InChI is InChI=1S/C20H27N3OS2.2ClH/c1-14-22-17(12-25-14)13-26-18-9-7-16(8-10-18)20(24)23-19(11-21)15-5-3-2-4-6-15;;/h7-10,12,15,19H,2-6,11,13,21H2,1H3,(H,23,24);2*1H.